The van der Waals surface area contributed by atoms with Gasteiger partial charge in [-0.15, -0.1) is 0 Å². The second kappa shape index (κ2) is 5.72. The number of halogens is 3. The van der Waals surface area contributed by atoms with Crippen LogP contribution in [-0.4, -0.2) is 13.0 Å². The fraction of sp³-hybridized carbons (Fsp3) is 0.0714. The molecule has 5 heteroatoms. The van der Waals surface area contributed by atoms with E-state index in [1.54, 1.807) is 37.4 Å². The molecule has 0 fully saturated rings. The number of hydrogen-bond donors (Lipinski definition) is 0. The average Bonchev–Trinajstić information content (AvgIpc) is 2.40. The zero-order valence-electron chi connectivity index (χ0n) is 10.0. The maximum absolute atomic E-state index is 13.2. The van der Waals surface area contributed by atoms with Gasteiger partial charge in [-0.25, -0.2) is 4.39 Å². The molecule has 0 radical (unpaired) electrons. The van der Waals surface area contributed by atoms with E-state index in [0.717, 1.165) is 4.47 Å². The summed E-state index contributed by atoms with van der Waals surface area (Å²) in [6.45, 7) is 0. The smallest absolute Gasteiger partial charge is 0.259 e. The summed E-state index contributed by atoms with van der Waals surface area (Å²) < 4.78 is 13.9. The molecular weight excluding hydrogens is 333 g/mol. The van der Waals surface area contributed by atoms with E-state index in [4.69, 9.17) is 11.6 Å². The number of rotatable bonds is 2. The number of amides is 1. The van der Waals surface area contributed by atoms with Gasteiger partial charge in [-0.1, -0.05) is 33.6 Å². The van der Waals surface area contributed by atoms with Crippen molar-refractivity contribution in [2.75, 3.05) is 11.9 Å². The van der Waals surface area contributed by atoms with Gasteiger partial charge >= 0.3 is 0 Å². The highest BCUT2D eigenvalue weighted by molar-refractivity contribution is 9.10. The first-order valence-electron chi connectivity index (χ1n) is 5.47. The molecule has 0 spiro atoms. The third kappa shape index (κ3) is 3.14. The van der Waals surface area contributed by atoms with E-state index in [9.17, 15) is 9.18 Å². The molecule has 0 aliphatic heterocycles. The van der Waals surface area contributed by atoms with Crippen molar-refractivity contribution in [2.24, 2.45) is 0 Å². The molecule has 0 aliphatic carbocycles. The summed E-state index contributed by atoms with van der Waals surface area (Å²) in [5.74, 6) is -0.686. The lowest BCUT2D eigenvalue weighted by molar-refractivity contribution is 0.0993. The van der Waals surface area contributed by atoms with Crippen LogP contribution in [0.5, 0.6) is 0 Å². The molecular formula is C14H10BrClFNO. The van der Waals surface area contributed by atoms with Crippen molar-refractivity contribution in [2.45, 2.75) is 0 Å². The largest absolute Gasteiger partial charge is 0.311 e. The third-order valence-corrected chi connectivity index (χ3v) is 3.48. The normalized spacial score (nSPS) is 10.3. The topological polar surface area (TPSA) is 20.3 Å². The second-order valence-corrected chi connectivity index (χ2v) is 5.29. The summed E-state index contributed by atoms with van der Waals surface area (Å²) in [6, 6.07) is 10.9. The fourth-order valence-corrected chi connectivity index (χ4v) is 2.20. The van der Waals surface area contributed by atoms with Crippen LogP contribution in [0.15, 0.2) is 46.9 Å². The van der Waals surface area contributed by atoms with Crippen molar-refractivity contribution in [3.8, 4) is 0 Å². The number of anilines is 1. The van der Waals surface area contributed by atoms with Crippen LogP contribution in [0.1, 0.15) is 10.4 Å². The Labute approximate surface area is 123 Å². The van der Waals surface area contributed by atoms with Gasteiger partial charge in [0, 0.05) is 17.2 Å². The standard InChI is InChI=1S/C14H10BrClFNO/c1-18(11-4-2-3-10(17)8-11)14(19)12-7-9(15)5-6-13(12)16/h2-8H,1H3. The Balaban J connectivity index is 2.36. The molecule has 0 saturated carbocycles. The minimum atomic E-state index is -0.391. The Morgan fingerprint density at radius 1 is 1.26 bits per heavy atom. The molecule has 0 aliphatic rings. The summed E-state index contributed by atoms with van der Waals surface area (Å²) in [5, 5.41) is 0.358. The SMILES string of the molecule is CN(C(=O)c1cc(Br)ccc1Cl)c1cccc(F)c1. The van der Waals surface area contributed by atoms with Crippen LogP contribution in [0.3, 0.4) is 0 Å². The number of hydrogen-bond acceptors (Lipinski definition) is 1. The van der Waals surface area contributed by atoms with Crippen molar-refractivity contribution in [1.82, 2.24) is 0 Å². The number of carbonyl (C=O) groups excluding carboxylic acids is 1. The van der Waals surface area contributed by atoms with Crippen LogP contribution >= 0.6 is 27.5 Å². The van der Waals surface area contributed by atoms with Gasteiger partial charge < -0.3 is 4.90 Å². The lowest BCUT2D eigenvalue weighted by Crippen LogP contribution is -2.26. The molecule has 19 heavy (non-hydrogen) atoms. The molecule has 0 unspecified atom stereocenters. The van der Waals surface area contributed by atoms with E-state index in [1.165, 1.54) is 17.0 Å². The Morgan fingerprint density at radius 3 is 2.68 bits per heavy atom. The first kappa shape index (κ1) is 14.0. The molecule has 98 valence electrons. The van der Waals surface area contributed by atoms with Gasteiger partial charge in [-0.3, -0.25) is 4.79 Å². The molecule has 0 atom stereocenters. The van der Waals surface area contributed by atoms with Crippen molar-refractivity contribution in [1.29, 1.82) is 0 Å². The average molecular weight is 343 g/mol. The van der Waals surface area contributed by atoms with Crippen LogP contribution in [-0.2, 0) is 0 Å². The summed E-state index contributed by atoms with van der Waals surface area (Å²) in [7, 11) is 1.58. The van der Waals surface area contributed by atoms with E-state index >= 15 is 0 Å². The second-order valence-electron chi connectivity index (χ2n) is 3.97. The van der Waals surface area contributed by atoms with Crippen LogP contribution in [0, 0.1) is 5.82 Å². The third-order valence-electron chi connectivity index (χ3n) is 2.66. The van der Waals surface area contributed by atoms with Gasteiger partial charge in [0.2, 0.25) is 0 Å². The van der Waals surface area contributed by atoms with Crippen molar-refractivity contribution < 1.29 is 9.18 Å². The molecule has 0 bridgehead atoms. The number of nitrogens with zero attached hydrogens (tertiary/aromatic N) is 1. The Kier molecular flexibility index (Phi) is 4.22. The monoisotopic (exact) mass is 341 g/mol. The maximum atomic E-state index is 13.2. The van der Waals surface area contributed by atoms with Crippen LogP contribution in [0.25, 0.3) is 0 Å². The summed E-state index contributed by atoms with van der Waals surface area (Å²) >= 11 is 9.30. The molecule has 0 aromatic heterocycles. The highest BCUT2D eigenvalue weighted by atomic mass is 79.9. The quantitative estimate of drug-likeness (QED) is 0.786. The molecule has 0 N–H and O–H groups in total. The summed E-state index contributed by atoms with van der Waals surface area (Å²) in [5.41, 5.74) is 0.837. The van der Waals surface area contributed by atoms with Gasteiger partial charge in [-0.05, 0) is 36.4 Å². The Morgan fingerprint density at radius 2 is 2.00 bits per heavy atom. The number of carbonyl (C=O) groups is 1. The van der Waals surface area contributed by atoms with E-state index in [2.05, 4.69) is 15.9 Å². The van der Waals surface area contributed by atoms with Gasteiger partial charge in [0.15, 0.2) is 0 Å². The minimum absolute atomic E-state index is 0.295. The molecule has 2 aromatic carbocycles. The Bertz CT molecular complexity index is 633. The van der Waals surface area contributed by atoms with E-state index < -0.39 is 5.82 Å². The van der Waals surface area contributed by atoms with Gasteiger partial charge in [0.1, 0.15) is 5.82 Å². The highest BCUT2D eigenvalue weighted by Gasteiger charge is 2.17. The zero-order valence-corrected chi connectivity index (χ0v) is 12.4. The van der Waals surface area contributed by atoms with E-state index in [-0.39, 0.29) is 5.91 Å². The van der Waals surface area contributed by atoms with Gasteiger partial charge in [-0.2, -0.15) is 0 Å². The summed E-state index contributed by atoms with van der Waals surface area (Å²) in [4.78, 5) is 13.7. The van der Waals surface area contributed by atoms with E-state index in [0.29, 0.717) is 16.3 Å². The zero-order chi connectivity index (χ0) is 14.0. The van der Waals surface area contributed by atoms with Crippen LogP contribution < -0.4 is 4.90 Å². The van der Waals surface area contributed by atoms with Gasteiger partial charge in [0.25, 0.3) is 5.91 Å². The maximum Gasteiger partial charge on any atom is 0.259 e. The summed E-state index contributed by atoms with van der Waals surface area (Å²) in [6.07, 6.45) is 0. The first-order chi connectivity index (χ1) is 8.99. The van der Waals surface area contributed by atoms with E-state index in [1.807, 2.05) is 0 Å². The Hall–Kier alpha value is -1.39. The van der Waals surface area contributed by atoms with Crippen molar-refractivity contribution in [3.63, 3.8) is 0 Å². The minimum Gasteiger partial charge on any atom is -0.311 e. The predicted molar refractivity (Wildman–Crippen MR) is 78.3 cm³/mol. The predicted octanol–water partition coefficient (Wildman–Crippen LogP) is 4.52. The lowest BCUT2D eigenvalue weighted by Gasteiger charge is -2.18. The molecule has 1 amide bonds. The first-order valence-corrected chi connectivity index (χ1v) is 6.65. The van der Waals surface area contributed by atoms with Crippen LogP contribution in [0.4, 0.5) is 10.1 Å². The van der Waals surface area contributed by atoms with Gasteiger partial charge in [0.05, 0.1) is 10.6 Å². The molecule has 0 saturated heterocycles. The molecule has 0 heterocycles. The van der Waals surface area contributed by atoms with Crippen molar-refractivity contribution >= 4 is 39.1 Å². The van der Waals surface area contributed by atoms with Crippen LogP contribution in [0.2, 0.25) is 5.02 Å². The van der Waals surface area contributed by atoms with Crippen molar-refractivity contribution in [3.05, 3.63) is 63.3 Å². The molecule has 2 nitrogen and oxygen atoms in total. The number of benzene rings is 2. The molecule has 2 rings (SSSR count). The molecule has 2 aromatic rings. The highest BCUT2D eigenvalue weighted by Crippen LogP contribution is 2.24. The fourth-order valence-electron chi connectivity index (χ4n) is 1.64. The lowest BCUT2D eigenvalue weighted by atomic mass is 10.2.